The highest BCUT2D eigenvalue weighted by Gasteiger charge is 2.28. The van der Waals surface area contributed by atoms with Gasteiger partial charge in [-0.15, -0.1) is 11.3 Å². The first-order valence-electron chi connectivity index (χ1n) is 9.89. The molecule has 1 amide bonds. The van der Waals surface area contributed by atoms with Crippen molar-refractivity contribution in [3.8, 4) is 5.75 Å². The lowest BCUT2D eigenvalue weighted by molar-refractivity contribution is 0.0936. The van der Waals surface area contributed by atoms with Gasteiger partial charge in [-0.05, 0) is 37.1 Å². The summed E-state index contributed by atoms with van der Waals surface area (Å²) in [4.78, 5) is 19.4. The van der Waals surface area contributed by atoms with Crippen LogP contribution in [-0.2, 0) is 6.61 Å². The van der Waals surface area contributed by atoms with Crippen LogP contribution in [0.1, 0.15) is 41.0 Å². The van der Waals surface area contributed by atoms with Crippen molar-refractivity contribution in [3.63, 3.8) is 0 Å². The number of rotatable bonds is 7. The van der Waals surface area contributed by atoms with E-state index in [1.54, 1.807) is 22.9 Å². The summed E-state index contributed by atoms with van der Waals surface area (Å²) in [5.41, 5.74) is 4.61. The van der Waals surface area contributed by atoms with Crippen molar-refractivity contribution < 1.29 is 9.53 Å². The maximum absolute atomic E-state index is 12.7. The van der Waals surface area contributed by atoms with Crippen LogP contribution in [0.5, 0.6) is 5.75 Å². The summed E-state index contributed by atoms with van der Waals surface area (Å²) >= 11 is 1.54. The van der Waals surface area contributed by atoms with Gasteiger partial charge in [0.05, 0.1) is 11.2 Å². The first-order valence-corrected chi connectivity index (χ1v) is 10.8. The lowest BCUT2D eigenvalue weighted by Gasteiger charge is -2.24. The quantitative estimate of drug-likeness (QED) is 0.635. The summed E-state index contributed by atoms with van der Waals surface area (Å²) in [7, 11) is 0. The number of thiazole rings is 1. The molecule has 6 heteroatoms. The van der Waals surface area contributed by atoms with E-state index in [0.717, 1.165) is 25.2 Å². The van der Waals surface area contributed by atoms with Crippen molar-refractivity contribution >= 4 is 17.2 Å². The van der Waals surface area contributed by atoms with E-state index in [1.807, 2.05) is 29.6 Å². The Bertz CT molecular complexity index is 930. The number of ether oxygens (including phenoxy) is 1. The first kappa shape index (κ1) is 19.6. The van der Waals surface area contributed by atoms with Gasteiger partial charge in [-0.3, -0.25) is 9.69 Å². The van der Waals surface area contributed by atoms with Gasteiger partial charge in [-0.2, -0.15) is 0 Å². The van der Waals surface area contributed by atoms with Gasteiger partial charge in [0.25, 0.3) is 5.91 Å². The van der Waals surface area contributed by atoms with Crippen LogP contribution in [0.2, 0.25) is 0 Å². The average molecular weight is 408 g/mol. The van der Waals surface area contributed by atoms with Gasteiger partial charge in [0.1, 0.15) is 12.4 Å². The van der Waals surface area contributed by atoms with Crippen LogP contribution in [0.15, 0.2) is 65.5 Å². The van der Waals surface area contributed by atoms with Crippen LogP contribution in [0.25, 0.3) is 0 Å². The molecule has 1 aromatic heterocycles. The minimum Gasteiger partial charge on any atom is -0.487 e. The Morgan fingerprint density at radius 1 is 1.28 bits per heavy atom. The monoisotopic (exact) mass is 407 g/mol. The smallest absolute Gasteiger partial charge is 0.251 e. The molecular formula is C23H25N3O2S. The van der Waals surface area contributed by atoms with E-state index in [2.05, 4.69) is 46.4 Å². The van der Waals surface area contributed by atoms with Crippen molar-refractivity contribution in [2.45, 2.75) is 32.0 Å². The zero-order valence-electron chi connectivity index (χ0n) is 16.5. The predicted molar refractivity (Wildman–Crippen MR) is 115 cm³/mol. The Hall–Kier alpha value is -2.70. The largest absolute Gasteiger partial charge is 0.487 e. The van der Waals surface area contributed by atoms with Crippen molar-refractivity contribution in [3.05, 3.63) is 82.3 Å². The van der Waals surface area contributed by atoms with Crippen LogP contribution >= 0.6 is 11.3 Å². The highest BCUT2D eigenvalue weighted by atomic mass is 32.1. The molecule has 2 heterocycles. The number of hydrogen-bond acceptors (Lipinski definition) is 5. The second kappa shape index (κ2) is 9.20. The maximum atomic E-state index is 12.7. The standard InChI is InChI=1S/C23H25N3O2S/c1-17(18-6-3-2-4-7-18)26-11-10-20(13-26)25-23(27)19-8-5-9-22(12-19)28-14-21-15-29-16-24-21/h2-9,12,15-17,20H,10-11,13-14H2,1H3,(H,25,27). The minimum absolute atomic E-state index is 0.0525. The maximum Gasteiger partial charge on any atom is 0.251 e. The normalized spacial score (nSPS) is 17.8. The molecule has 1 N–H and O–H groups in total. The second-order valence-electron chi connectivity index (χ2n) is 7.34. The van der Waals surface area contributed by atoms with Crippen LogP contribution in [-0.4, -0.2) is 34.9 Å². The molecule has 2 unspecified atom stereocenters. The number of carbonyl (C=O) groups is 1. The third-order valence-electron chi connectivity index (χ3n) is 5.35. The Labute approximate surface area is 175 Å². The summed E-state index contributed by atoms with van der Waals surface area (Å²) in [5.74, 6) is 0.625. The lowest BCUT2D eigenvalue weighted by Crippen LogP contribution is -2.37. The molecule has 5 nitrogen and oxygen atoms in total. The van der Waals surface area contributed by atoms with E-state index in [1.165, 1.54) is 5.56 Å². The Balaban J connectivity index is 1.32. The number of amides is 1. The molecule has 29 heavy (non-hydrogen) atoms. The third kappa shape index (κ3) is 5.02. The van der Waals surface area contributed by atoms with Gasteiger partial charge < -0.3 is 10.1 Å². The number of hydrogen-bond donors (Lipinski definition) is 1. The van der Waals surface area contributed by atoms with Crippen LogP contribution in [0.4, 0.5) is 0 Å². The Morgan fingerprint density at radius 2 is 2.14 bits per heavy atom. The van der Waals surface area contributed by atoms with Crippen LogP contribution < -0.4 is 10.1 Å². The fourth-order valence-corrected chi connectivity index (χ4v) is 4.20. The highest BCUT2D eigenvalue weighted by Crippen LogP contribution is 2.24. The van der Waals surface area contributed by atoms with Gasteiger partial charge in [0.15, 0.2) is 0 Å². The summed E-state index contributed by atoms with van der Waals surface area (Å²) in [6.07, 6.45) is 0.961. The van der Waals surface area contributed by atoms with E-state index < -0.39 is 0 Å². The van der Waals surface area contributed by atoms with E-state index in [-0.39, 0.29) is 11.9 Å². The molecule has 1 aliphatic heterocycles. The molecule has 0 aliphatic carbocycles. The van der Waals surface area contributed by atoms with Gasteiger partial charge in [0, 0.05) is 36.1 Å². The van der Waals surface area contributed by atoms with Crippen LogP contribution in [0, 0.1) is 0 Å². The first-order chi connectivity index (χ1) is 14.2. The number of benzene rings is 2. The Kier molecular flexibility index (Phi) is 6.22. The van der Waals surface area contributed by atoms with Crippen LogP contribution in [0.3, 0.4) is 0 Å². The number of likely N-dealkylation sites (tertiary alicyclic amines) is 1. The molecular weight excluding hydrogens is 382 g/mol. The zero-order valence-corrected chi connectivity index (χ0v) is 17.3. The van der Waals surface area contributed by atoms with E-state index in [4.69, 9.17) is 4.74 Å². The molecule has 0 saturated carbocycles. The fourth-order valence-electron chi connectivity index (χ4n) is 3.66. The lowest BCUT2D eigenvalue weighted by atomic mass is 10.1. The number of aromatic nitrogens is 1. The molecule has 1 fully saturated rings. The Morgan fingerprint density at radius 3 is 2.93 bits per heavy atom. The average Bonchev–Trinajstić information content (AvgIpc) is 3.45. The highest BCUT2D eigenvalue weighted by molar-refractivity contribution is 7.07. The van der Waals surface area contributed by atoms with Crippen molar-refractivity contribution in [2.24, 2.45) is 0 Å². The van der Waals surface area contributed by atoms with Crippen molar-refractivity contribution in [1.29, 1.82) is 0 Å². The molecule has 150 valence electrons. The summed E-state index contributed by atoms with van der Waals surface area (Å²) in [5, 5.41) is 5.14. The summed E-state index contributed by atoms with van der Waals surface area (Å²) < 4.78 is 5.76. The number of carbonyl (C=O) groups excluding carboxylic acids is 1. The minimum atomic E-state index is -0.0525. The zero-order chi connectivity index (χ0) is 20.1. The molecule has 0 radical (unpaired) electrons. The molecule has 1 aliphatic rings. The SMILES string of the molecule is CC(c1ccccc1)N1CCC(NC(=O)c2cccc(OCc3cscn3)c2)C1. The molecule has 0 spiro atoms. The molecule has 0 bridgehead atoms. The molecule has 4 rings (SSSR count). The third-order valence-corrected chi connectivity index (χ3v) is 5.99. The molecule has 1 saturated heterocycles. The van der Waals surface area contributed by atoms with Gasteiger partial charge >= 0.3 is 0 Å². The van der Waals surface area contributed by atoms with E-state index >= 15 is 0 Å². The van der Waals surface area contributed by atoms with Crippen molar-refractivity contribution in [2.75, 3.05) is 13.1 Å². The summed E-state index contributed by atoms with van der Waals surface area (Å²) in [6.45, 7) is 4.48. The van der Waals surface area contributed by atoms with Gasteiger partial charge in [0.2, 0.25) is 0 Å². The second-order valence-corrected chi connectivity index (χ2v) is 8.06. The number of nitrogens with zero attached hydrogens (tertiary/aromatic N) is 2. The van der Waals surface area contributed by atoms with E-state index in [0.29, 0.717) is 24.0 Å². The summed E-state index contributed by atoms with van der Waals surface area (Å²) in [6, 6.07) is 18.3. The number of nitrogens with one attached hydrogen (secondary N) is 1. The van der Waals surface area contributed by atoms with Crippen molar-refractivity contribution in [1.82, 2.24) is 15.2 Å². The van der Waals surface area contributed by atoms with Gasteiger partial charge in [-0.1, -0.05) is 36.4 Å². The topological polar surface area (TPSA) is 54.5 Å². The van der Waals surface area contributed by atoms with E-state index in [9.17, 15) is 4.79 Å². The molecule has 2 aromatic carbocycles. The molecule has 3 aromatic rings. The van der Waals surface area contributed by atoms with Gasteiger partial charge in [-0.25, -0.2) is 4.98 Å². The molecule has 2 atom stereocenters. The predicted octanol–water partition coefficient (Wildman–Crippen LogP) is 4.29. The fraction of sp³-hybridized carbons (Fsp3) is 0.304.